The van der Waals surface area contributed by atoms with Crippen molar-refractivity contribution >= 4 is 17.0 Å². The van der Waals surface area contributed by atoms with E-state index < -0.39 is 41.6 Å². The second-order valence-corrected chi connectivity index (χ2v) is 9.73. The second-order valence-electron chi connectivity index (χ2n) is 9.73. The van der Waals surface area contributed by atoms with Crippen molar-refractivity contribution in [2.45, 2.75) is 51.1 Å². The van der Waals surface area contributed by atoms with E-state index in [0.29, 0.717) is 35.9 Å². The van der Waals surface area contributed by atoms with E-state index in [1.165, 1.54) is 6.07 Å². The first-order valence-electron chi connectivity index (χ1n) is 12.6. The Morgan fingerprint density at radius 3 is 2.55 bits per heavy atom. The Kier molecular flexibility index (Phi) is 7.39. The average molecular weight is 565 g/mol. The lowest BCUT2D eigenvalue weighted by molar-refractivity contribution is -0.274. The number of imidazole rings is 1. The number of hydrogen-bond acceptors (Lipinski definition) is 5. The molecule has 2 heterocycles. The number of alkyl halides is 3. The molecule has 40 heavy (non-hydrogen) atoms. The van der Waals surface area contributed by atoms with Gasteiger partial charge in [0.25, 0.3) is 0 Å². The molecule has 1 fully saturated rings. The van der Waals surface area contributed by atoms with Gasteiger partial charge in [-0.2, -0.15) is 5.10 Å². The number of benzene rings is 2. The van der Waals surface area contributed by atoms with E-state index in [-0.39, 0.29) is 30.0 Å². The summed E-state index contributed by atoms with van der Waals surface area (Å²) in [4.78, 5) is 16.6. The third-order valence-corrected chi connectivity index (χ3v) is 6.98. The Morgan fingerprint density at radius 1 is 1.10 bits per heavy atom. The molecule has 2 aromatic heterocycles. The van der Waals surface area contributed by atoms with Crippen molar-refractivity contribution in [3.63, 3.8) is 0 Å². The van der Waals surface area contributed by atoms with Crippen molar-refractivity contribution in [1.82, 2.24) is 19.3 Å². The smallest absolute Gasteiger partial charge is 0.484 e. The summed E-state index contributed by atoms with van der Waals surface area (Å²) in [6.07, 6.45) is -0.863. The number of aliphatic carboxylic acids is 1. The van der Waals surface area contributed by atoms with Crippen LogP contribution in [0.4, 0.5) is 22.0 Å². The van der Waals surface area contributed by atoms with Crippen molar-refractivity contribution in [2.75, 3.05) is 0 Å². The molecule has 1 aliphatic rings. The third-order valence-electron chi connectivity index (χ3n) is 6.98. The van der Waals surface area contributed by atoms with Gasteiger partial charge in [-0.05, 0) is 25.0 Å². The maximum atomic E-state index is 15.0. The zero-order valence-corrected chi connectivity index (χ0v) is 21.3. The predicted molar refractivity (Wildman–Crippen MR) is 132 cm³/mol. The molecule has 0 aliphatic heterocycles. The fraction of sp³-hybridized carbons (Fsp3) is 0.370. The van der Waals surface area contributed by atoms with Crippen molar-refractivity contribution in [3.8, 4) is 11.5 Å². The summed E-state index contributed by atoms with van der Waals surface area (Å²) < 4.78 is 80.4. The summed E-state index contributed by atoms with van der Waals surface area (Å²) in [6, 6.07) is 7.06. The summed E-state index contributed by atoms with van der Waals surface area (Å²) in [5, 5.41) is 14.1. The Hall–Kier alpha value is -4.16. The zero-order chi connectivity index (χ0) is 28.6. The molecule has 13 heteroatoms. The van der Waals surface area contributed by atoms with E-state index in [1.807, 2.05) is 0 Å². The van der Waals surface area contributed by atoms with Crippen molar-refractivity contribution in [2.24, 2.45) is 13.0 Å². The number of halogens is 5. The van der Waals surface area contributed by atoms with Gasteiger partial charge in [0, 0.05) is 42.9 Å². The van der Waals surface area contributed by atoms with Gasteiger partial charge in [0.05, 0.1) is 29.2 Å². The molecule has 8 nitrogen and oxygen atoms in total. The fourth-order valence-corrected chi connectivity index (χ4v) is 5.16. The number of ether oxygens (including phenoxy) is 2. The molecular formula is C27H25F5N4O4. The molecule has 0 radical (unpaired) electrons. The lowest BCUT2D eigenvalue weighted by atomic mass is 9.78. The molecule has 2 aromatic carbocycles. The largest absolute Gasteiger partial charge is 0.573 e. The van der Waals surface area contributed by atoms with Crippen LogP contribution in [0.25, 0.3) is 11.0 Å². The highest BCUT2D eigenvalue weighted by molar-refractivity contribution is 5.79. The van der Waals surface area contributed by atoms with Gasteiger partial charge in [-0.3, -0.25) is 9.48 Å². The molecule has 1 N–H and O–H groups in total. The minimum atomic E-state index is -4.98. The number of aromatic nitrogens is 4. The molecule has 0 amide bonds. The van der Waals surface area contributed by atoms with Gasteiger partial charge in [0.15, 0.2) is 11.6 Å². The number of nitrogens with zero attached hydrogens (tertiary/aromatic N) is 4. The van der Waals surface area contributed by atoms with Crippen LogP contribution in [-0.2, 0) is 25.0 Å². The van der Waals surface area contributed by atoms with Crippen LogP contribution in [0.15, 0.2) is 42.6 Å². The zero-order valence-electron chi connectivity index (χ0n) is 21.3. The van der Waals surface area contributed by atoms with Crippen molar-refractivity contribution < 1.29 is 41.3 Å². The summed E-state index contributed by atoms with van der Waals surface area (Å²) in [6.45, 7) is -0.221. The minimum Gasteiger partial charge on any atom is -0.484 e. The number of hydrogen-bond donors (Lipinski definition) is 1. The first kappa shape index (κ1) is 27.4. The topological polar surface area (TPSA) is 91.4 Å². The van der Waals surface area contributed by atoms with Gasteiger partial charge in [-0.1, -0.05) is 18.9 Å². The van der Waals surface area contributed by atoms with Gasteiger partial charge in [0.1, 0.15) is 24.0 Å². The minimum absolute atomic E-state index is 0.0121. The van der Waals surface area contributed by atoms with Crippen LogP contribution in [0, 0.1) is 17.6 Å². The fourth-order valence-electron chi connectivity index (χ4n) is 5.16. The maximum Gasteiger partial charge on any atom is 0.573 e. The Balaban J connectivity index is 1.57. The lowest BCUT2D eigenvalue weighted by Crippen LogP contribution is -2.28. The van der Waals surface area contributed by atoms with Crippen LogP contribution in [0.3, 0.4) is 0 Å². The Morgan fingerprint density at radius 2 is 1.88 bits per heavy atom. The summed E-state index contributed by atoms with van der Waals surface area (Å²) in [5.41, 5.74) is 1.14. The first-order valence-corrected chi connectivity index (χ1v) is 12.6. The average Bonchev–Trinajstić information content (AvgIpc) is 3.45. The van der Waals surface area contributed by atoms with E-state index in [0.717, 1.165) is 31.0 Å². The normalized spacial score (nSPS) is 17.8. The summed E-state index contributed by atoms with van der Waals surface area (Å²) >= 11 is 0. The molecule has 0 spiro atoms. The molecule has 0 bridgehead atoms. The van der Waals surface area contributed by atoms with Gasteiger partial charge in [-0.15, -0.1) is 13.2 Å². The quantitative estimate of drug-likeness (QED) is 0.267. The van der Waals surface area contributed by atoms with Crippen molar-refractivity contribution in [1.29, 1.82) is 0 Å². The number of carboxylic acid groups (broad SMARTS) is 1. The van der Waals surface area contributed by atoms with E-state index in [2.05, 4.69) is 14.8 Å². The Labute approximate surface area is 224 Å². The second kappa shape index (κ2) is 10.8. The molecular weight excluding hydrogens is 539 g/mol. The molecule has 1 saturated carbocycles. The Bertz CT molecular complexity index is 1550. The van der Waals surface area contributed by atoms with Crippen LogP contribution in [0.1, 0.15) is 48.7 Å². The number of rotatable bonds is 8. The lowest BCUT2D eigenvalue weighted by Gasteiger charge is -2.28. The van der Waals surface area contributed by atoms with Gasteiger partial charge < -0.3 is 19.1 Å². The van der Waals surface area contributed by atoms with Crippen LogP contribution in [-0.4, -0.2) is 36.8 Å². The molecule has 5 rings (SSSR count). The molecule has 4 aromatic rings. The number of fused-ring (bicyclic) bond motifs is 1. The maximum absolute atomic E-state index is 15.0. The molecule has 0 unspecified atom stereocenters. The third kappa shape index (κ3) is 5.87. The van der Waals surface area contributed by atoms with E-state index >= 15 is 4.39 Å². The van der Waals surface area contributed by atoms with Gasteiger partial charge in [0.2, 0.25) is 0 Å². The van der Waals surface area contributed by atoms with E-state index in [9.17, 15) is 27.5 Å². The molecule has 212 valence electrons. The van der Waals surface area contributed by atoms with Gasteiger partial charge >= 0.3 is 12.3 Å². The number of carbonyl (C=O) groups is 1. The van der Waals surface area contributed by atoms with E-state index in [4.69, 9.17) is 4.74 Å². The summed E-state index contributed by atoms with van der Waals surface area (Å²) in [5.74, 6) is -4.42. The standard InChI is InChI=1S/C27H25F5N4O4/c1-35-9-8-16(34-35)14-39-24-12-23-22(11-21(24)29)33-25(18-4-2-3-5-19(18)26(37)38)36(23)13-15-6-7-17(10-20(15)28)40-27(30,31)32/h6-12,18-19H,2-5,13-14H2,1H3,(H,37,38)/t18-,19+/m1/s1. The molecule has 0 saturated heterocycles. The van der Waals surface area contributed by atoms with Crippen LogP contribution in [0.2, 0.25) is 0 Å². The highest BCUT2D eigenvalue weighted by Gasteiger charge is 2.36. The molecule has 2 atom stereocenters. The molecule has 1 aliphatic carbocycles. The highest BCUT2D eigenvalue weighted by atomic mass is 19.4. The first-order chi connectivity index (χ1) is 19.0. The van der Waals surface area contributed by atoms with Crippen LogP contribution in [0.5, 0.6) is 11.5 Å². The number of aryl methyl sites for hydroxylation is 1. The van der Waals surface area contributed by atoms with E-state index in [1.54, 1.807) is 28.6 Å². The number of carboxylic acids is 1. The highest BCUT2D eigenvalue weighted by Crippen LogP contribution is 2.40. The van der Waals surface area contributed by atoms with Crippen molar-refractivity contribution in [3.05, 3.63) is 71.3 Å². The van der Waals surface area contributed by atoms with Crippen LogP contribution < -0.4 is 9.47 Å². The monoisotopic (exact) mass is 564 g/mol. The van der Waals surface area contributed by atoms with Gasteiger partial charge in [-0.25, -0.2) is 13.8 Å². The SMILES string of the molecule is Cn1ccc(COc2cc3c(cc2F)nc([C@@H]2CCCC[C@@H]2C(=O)O)n3Cc2ccc(OC(F)(F)F)cc2F)n1. The summed E-state index contributed by atoms with van der Waals surface area (Å²) in [7, 11) is 1.73. The predicted octanol–water partition coefficient (Wildman–Crippen LogP) is 5.93. The van der Waals surface area contributed by atoms with Crippen LogP contribution >= 0.6 is 0 Å².